The van der Waals surface area contributed by atoms with Crippen molar-refractivity contribution in [2.24, 2.45) is 17.3 Å². The summed E-state index contributed by atoms with van der Waals surface area (Å²) in [6.07, 6.45) is 5.68. The van der Waals surface area contributed by atoms with Crippen LogP contribution in [0.3, 0.4) is 0 Å². The number of nitrogens with one attached hydrogen (secondary N) is 1. The smallest absolute Gasteiger partial charge is 0.277 e. The van der Waals surface area contributed by atoms with E-state index in [4.69, 9.17) is 0 Å². The number of hydrogen-bond acceptors (Lipinski definition) is 3. The molecule has 1 aliphatic heterocycles. The third kappa shape index (κ3) is 2.17. The van der Waals surface area contributed by atoms with Gasteiger partial charge >= 0.3 is 6.03 Å². The average molecular weight is 292 g/mol. The minimum atomic E-state index is -0.958. The largest absolute Gasteiger partial charge is 0.331 e. The Kier molecular flexibility index (Phi) is 3.54. The number of hydrogen-bond donors (Lipinski definition) is 1. The van der Waals surface area contributed by atoms with E-state index in [0.29, 0.717) is 24.7 Å². The highest BCUT2D eigenvalue weighted by Crippen LogP contribution is 2.43. The molecule has 3 fully saturated rings. The van der Waals surface area contributed by atoms with Crippen molar-refractivity contribution in [1.29, 1.82) is 0 Å². The lowest BCUT2D eigenvalue weighted by atomic mass is 9.76. The van der Waals surface area contributed by atoms with Crippen molar-refractivity contribution in [1.82, 2.24) is 10.2 Å². The highest BCUT2D eigenvalue weighted by Gasteiger charge is 2.56. The van der Waals surface area contributed by atoms with Gasteiger partial charge in [0, 0.05) is 6.04 Å². The fraction of sp³-hybridized carbons (Fsp3) is 0.812. The fourth-order valence-electron chi connectivity index (χ4n) is 4.20. The predicted molar refractivity (Wildman–Crippen MR) is 77.3 cm³/mol. The monoisotopic (exact) mass is 292 g/mol. The van der Waals surface area contributed by atoms with E-state index >= 15 is 0 Å². The molecule has 0 radical (unpaired) electrons. The van der Waals surface area contributed by atoms with Gasteiger partial charge in [-0.05, 0) is 43.9 Å². The van der Waals surface area contributed by atoms with Crippen LogP contribution in [0, 0.1) is 17.3 Å². The number of nitrogens with zero attached hydrogens (tertiary/aromatic N) is 1. The number of amides is 4. The molecular weight excluding hydrogens is 268 g/mol. The molecule has 1 saturated heterocycles. The number of carbonyl (C=O) groups excluding carboxylic acids is 3. The molecule has 1 N–H and O–H groups in total. The van der Waals surface area contributed by atoms with Crippen LogP contribution in [0.2, 0.25) is 0 Å². The number of rotatable bonds is 1. The molecule has 2 saturated carbocycles. The molecule has 3 rings (SSSR count). The summed E-state index contributed by atoms with van der Waals surface area (Å²) in [7, 11) is 0. The molecular formula is C16H24N2O3. The van der Waals surface area contributed by atoms with Crippen molar-refractivity contribution in [2.75, 3.05) is 0 Å². The third-order valence-electron chi connectivity index (χ3n) is 5.89. The van der Waals surface area contributed by atoms with Crippen molar-refractivity contribution in [2.45, 2.75) is 64.8 Å². The second kappa shape index (κ2) is 5.11. The van der Waals surface area contributed by atoms with Crippen molar-refractivity contribution in [3.8, 4) is 0 Å². The Balaban J connectivity index is 1.85. The van der Waals surface area contributed by atoms with Gasteiger partial charge in [0.05, 0.1) is 0 Å². The van der Waals surface area contributed by atoms with Crippen LogP contribution in [0.25, 0.3) is 0 Å². The van der Waals surface area contributed by atoms with E-state index in [1.54, 1.807) is 0 Å². The number of barbiturate groups is 1. The van der Waals surface area contributed by atoms with Gasteiger partial charge < -0.3 is 0 Å². The quantitative estimate of drug-likeness (QED) is 0.755. The molecule has 0 bridgehead atoms. The van der Waals surface area contributed by atoms with Crippen LogP contribution in [-0.4, -0.2) is 28.8 Å². The Labute approximate surface area is 125 Å². The van der Waals surface area contributed by atoms with Crippen molar-refractivity contribution >= 4 is 17.8 Å². The zero-order valence-corrected chi connectivity index (χ0v) is 12.9. The maximum absolute atomic E-state index is 12.9. The molecule has 5 heteroatoms. The molecule has 116 valence electrons. The minimum Gasteiger partial charge on any atom is -0.277 e. The van der Waals surface area contributed by atoms with Crippen molar-refractivity contribution < 1.29 is 14.4 Å². The van der Waals surface area contributed by atoms with Crippen LogP contribution in [0.5, 0.6) is 0 Å². The van der Waals surface area contributed by atoms with Gasteiger partial charge in [-0.2, -0.15) is 0 Å². The zero-order valence-electron chi connectivity index (χ0n) is 12.9. The normalized spacial score (nSPS) is 36.2. The summed E-state index contributed by atoms with van der Waals surface area (Å²) < 4.78 is 0. The van der Waals surface area contributed by atoms with Crippen LogP contribution in [0.4, 0.5) is 4.79 Å². The first-order valence-corrected chi connectivity index (χ1v) is 8.15. The molecule has 0 aromatic heterocycles. The Morgan fingerprint density at radius 1 is 1.05 bits per heavy atom. The maximum atomic E-state index is 12.9. The summed E-state index contributed by atoms with van der Waals surface area (Å²) in [6.45, 7) is 4.40. The summed E-state index contributed by atoms with van der Waals surface area (Å²) in [5.74, 6) is 0.525. The maximum Gasteiger partial charge on any atom is 0.331 e. The van der Waals surface area contributed by atoms with E-state index in [0.717, 1.165) is 32.1 Å². The molecule has 1 spiro atoms. The minimum absolute atomic E-state index is 0.0470. The van der Waals surface area contributed by atoms with Crippen molar-refractivity contribution in [3.05, 3.63) is 0 Å². The van der Waals surface area contributed by atoms with E-state index in [2.05, 4.69) is 19.2 Å². The van der Waals surface area contributed by atoms with Crippen LogP contribution in [-0.2, 0) is 9.59 Å². The van der Waals surface area contributed by atoms with Gasteiger partial charge in [-0.1, -0.05) is 26.7 Å². The Hall–Kier alpha value is -1.39. The summed E-state index contributed by atoms with van der Waals surface area (Å²) in [4.78, 5) is 38.7. The van der Waals surface area contributed by atoms with Crippen molar-refractivity contribution in [3.63, 3.8) is 0 Å². The molecule has 3 atom stereocenters. The molecule has 2 aliphatic carbocycles. The van der Waals surface area contributed by atoms with E-state index in [1.807, 2.05) is 0 Å². The molecule has 5 nitrogen and oxygen atoms in total. The van der Waals surface area contributed by atoms with E-state index < -0.39 is 11.4 Å². The molecule has 4 amide bonds. The van der Waals surface area contributed by atoms with Gasteiger partial charge in [-0.25, -0.2) is 4.79 Å². The molecule has 0 aromatic carbocycles. The highest BCUT2D eigenvalue weighted by molar-refractivity contribution is 6.19. The standard InChI is InChI=1S/C16H24N2O3/c1-10-5-6-12(9-11(10)2)18-14(20)16(7-3-4-8-16)13(19)17-15(18)21/h10-12H,3-9H2,1-2H3,(H,17,19,21). The fourth-order valence-corrected chi connectivity index (χ4v) is 4.20. The average Bonchev–Trinajstić information content (AvgIpc) is 2.92. The second-order valence-corrected chi connectivity index (χ2v) is 7.15. The molecule has 3 aliphatic rings. The summed E-state index contributed by atoms with van der Waals surface area (Å²) in [5.41, 5.74) is -0.958. The Morgan fingerprint density at radius 3 is 2.33 bits per heavy atom. The van der Waals surface area contributed by atoms with Crippen LogP contribution in [0.15, 0.2) is 0 Å². The van der Waals surface area contributed by atoms with Gasteiger partial charge in [0.15, 0.2) is 0 Å². The van der Waals surface area contributed by atoms with Gasteiger partial charge in [0.25, 0.3) is 0 Å². The molecule has 3 unspecified atom stereocenters. The van der Waals surface area contributed by atoms with E-state index in [-0.39, 0.29) is 17.9 Å². The van der Waals surface area contributed by atoms with Gasteiger partial charge in [-0.3, -0.25) is 19.8 Å². The summed E-state index contributed by atoms with van der Waals surface area (Å²) in [6, 6.07) is -0.552. The van der Waals surface area contributed by atoms with Gasteiger partial charge in [-0.15, -0.1) is 0 Å². The zero-order chi connectivity index (χ0) is 15.2. The topological polar surface area (TPSA) is 66.5 Å². The van der Waals surface area contributed by atoms with E-state index in [1.165, 1.54) is 4.90 Å². The van der Waals surface area contributed by atoms with E-state index in [9.17, 15) is 14.4 Å². The molecule has 1 heterocycles. The van der Waals surface area contributed by atoms with Crippen LogP contribution < -0.4 is 5.32 Å². The van der Waals surface area contributed by atoms with Gasteiger partial charge in [0.2, 0.25) is 11.8 Å². The lowest BCUT2D eigenvalue weighted by Crippen LogP contribution is -2.65. The number of imide groups is 2. The first kappa shape index (κ1) is 14.5. The molecule has 21 heavy (non-hydrogen) atoms. The Morgan fingerprint density at radius 2 is 1.71 bits per heavy atom. The Bertz CT molecular complexity index is 482. The molecule has 0 aromatic rings. The summed E-state index contributed by atoms with van der Waals surface area (Å²) >= 11 is 0. The second-order valence-electron chi connectivity index (χ2n) is 7.15. The third-order valence-corrected chi connectivity index (χ3v) is 5.89. The number of urea groups is 1. The first-order chi connectivity index (χ1) is 9.95. The lowest BCUT2D eigenvalue weighted by molar-refractivity contribution is -0.153. The SMILES string of the molecule is CC1CCC(N2C(=O)NC(=O)C3(CCCC3)C2=O)CC1C. The van der Waals surface area contributed by atoms with Crippen LogP contribution in [0.1, 0.15) is 58.8 Å². The van der Waals surface area contributed by atoms with Gasteiger partial charge in [0.1, 0.15) is 5.41 Å². The van der Waals surface area contributed by atoms with Crippen LogP contribution >= 0.6 is 0 Å². The number of carbonyl (C=O) groups is 3. The highest BCUT2D eigenvalue weighted by atomic mass is 16.2. The first-order valence-electron chi connectivity index (χ1n) is 8.15. The lowest BCUT2D eigenvalue weighted by Gasteiger charge is -2.44. The summed E-state index contributed by atoms with van der Waals surface area (Å²) in [5, 5.41) is 2.44. The predicted octanol–water partition coefficient (Wildman–Crippen LogP) is 2.45.